The zero-order chi connectivity index (χ0) is 21.5. The quantitative estimate of drug-likeness (QED) is 0.610. The number of aromatic amines is 1. The second-order valence-corrected chi connectivity index (χ2v) is 7.15. The van der Waals surface area contributed by atoms with Crippen molar-refractivity contribution < 1.29 is 23.1 Å². The molecule has 1 saturated heterocycles. The van der Waals surface area contributed by atoms with Crippen molar-refractivity contribution in [2.75, 3.05) is 23.3 Å². The second-order valence-electron chi connectivity index (χ2n) is 7.15. The normalized spacial score (nSPS) is 16.8. The molecule has 0 unspecified atom stereocenters. The van der Waals surface area contributed by atoms with Gasteiger partial charge in [0.05, 0.1) is 17.4 Å². The molecule has 2 aromatic carbocycles. The smallest absolute Gasteiger partial charge is 0.391 e. The molecule has 4 rings (SSSR count). The van der Waals surface area contributed by atoms with Gasteiger partial charge in [-0.2, -0.15) is 13.2 Å². The lowest BCUT2D eigenvalue weighted by atomic mass is 10.1. The molecule has 1 amide bonds. The van der Waals surface area contributed by atoms with Gasteiger partial charge >= 0.3 is 6.18 Å². The van der Waals surface area contributed by atoms with Crippen molar-refractivity contribution in [3.8, 4) is 0 Å². The number of benzene rings is 2. The Hall–Kier alpha value is -3.33. The summed E-state index contributed by atoms with van der Waals surface area (Å²) < 4.78 is 40.9. The molecule has 0 saturated carbocycles. The molecule has 9 heteroatoms. The Morgan fingerprint density at radius 2 is 1.97 bits per heavy atom. The van der Waals surface area contributed by atoms with Crippen LogP contribution >= 0.6 is 0 Å². The van der Waals surface area contributed by atoms with Crippen molar-refractivity contribution >= 4 is 28.2 Å². The topological polar surface area (TPSA) is 85.4 Å². The number of hydrogen-bond donors (Lipinski definition) is 3. The van der Waals surface area contributed by atoms with Gasteiger partial charge in [-0.1, -0.05) is 12.1 Å². The second kappa shape index (κ2) is 7.49. The van der Waals surface area contributed by atoms with Crippen LogP contribution in [0.4, 0.5) is 24.5 Å². The number of hydrogen-bond acceptors (Lipinski definition) is 4. The lowest BCUT2D eigenvalue weighted by Gasteiger charge is -2.21. The number of para-hydroxylation sites is 1. The Bertz CT molecular complexity index is 1170. The van der Waals surface area contributed by atoms with Gasteiger partial charge in [-0.3, -0.25) is 9.59 Å². The highest BCUT2D eigenvalue weighted by atomic mass is 19.4. The van der Waals surface area contributed by atoms with Gasteiger partial charge in [-0.15, -0.1) is 0 Å². The maximum absolute atomic E-state index is 13.6. The summed E-state index contributed by atoms with van der Waals surface area (Å²) in [7, 11) is 0. The maximum Gasteiger partial charge on any atom is 0.418 e. The summed E-state index contributed by atoms with van der Waals surface area (Å²) in [5, 5.41) is 12.1. The van der Waals surface area contributed by atoms with Crippen LogP contribution in [0, 0.1) is 0 Å². The largest absolute Gasteiger partial charge is 0.418 e. The first-order chi connectivity index (χ1) is 14.2. The fourth-order valence-electron chi connectivity index (χ4n) is 3.57. The first-order valence-electron chi connectivity index (χ1n) is 9.30. The molecular weight excluding hydrogens is 399 g/mol. The van der Waals surface area contributed by atoms with E-state index in [-0.39, 0.29) is 17.5 Å². The number of aliphatic hydroxyl groups is 1. The monoisotopic (exact) mass is 417 g/mol. The zero-order valence-corrected chi connectivity index (χ0v) is 15.7. The number of alkyl halides is 3. The van der Waals surface area contributed by atoms with E-state index in [2.05, 4.69) is 10.3 Å². The van der Waals surface area contributed by atoms with E-state index in [1.54, 1.807) is 23.1 Å². The van der Waals surface area contributed by atoms with Gasteiger partial charge in [0.25, 0.3) is 5.91 Å². The SMILES string of the molecule is O=C(Nc1ccc(N2CC[C@H](O)C2)cc1C(F)(F)F)c1c[nH]c2ccccc2c1=O. The van der Waals surface area contributed by atoms with Gasteiger partial charge in [0.15, 0.2) is 0 Å². The van der Waals surface area contributed by atoms with E-state index in [1.165, 1.54) is 18.3 Å². The van der Waals surface area contributed by atoms with E-state index >= 15 is 0 Å². The number of carbonyl (C=O) groups excluding carboxylic acids is 1. The van der Waals surface area contributed by atoms with E-state index in [0.29, 0.717) is 24.2 Å². The predicted molar refractivity (Wildman–Crippen MR) is 107 cm³/mol. The third-order valence-electron chi connectivity index (χ3n) is 5.12. The van der Waals surface area contributed by atoms with Crippen LogP contribution in [0.5, 0.6) is 0 Å². The summed E-state index contributed by atoms with van der Waals surface area (Å²) in [6.45, 7) is 0.687. The lowest BCUT2D eigenvalue weighted by Crippen LogP contribution is -2.24. The fourth-order valence-corrected chi connectivity index (χ4v) is 3.57. The number of carbonyl (C=O) groups is 1. The number of nitrogens with zero attached hydrogens (tertiary/aromatic N) is 1. The Labute approximate surface area is 168 Å². The van der Waals surface area contributed by atoms with Gasteiger partial charge in [0, 0.05) is 35.9 Å². The minimum atomic E-state index is -4.72. The number of H-pyrrole nitrogens is 1. The van der Waals surface area contributed by atoms with Gasteiger partial charge in [-0.05, 0) is 36.8 Å². The Balaban J connectivity index is 1.68. The van der Waals surface area contributed by atoms with Crippen LogP contribution in [0.3, 0.4) is 0 Å². The van der Waals surface area contributed by atoms with Crippen LogP contribution in [0.2, 0.25) is 0 Å². The molecule has 2 heterocycles. The standard InChI is InChI=1S/C21H18F3N3O3/c22-21(23,24)16-9-12(27-8-7-13(28)11-27)5-6-18(16)26-20(30)15-10-25-17-4-2-1-3-14(17)19(15)29/h1-6,9-10,13,28H,7-8,11H2,(H,25,29)(H,26,30)/t13-/m0/s1. The Morgan fingerprint density at radius 3 is 2.67 bits per heavy atom. The molecule has 30 heavy (non-hydrogen) atoms. The number of nitrogens with one attached hydrogen (secondary N) is 2. The average Bonchev–Trinajstić information content (AvgIpc) is 3.14. The van der Waals surface area contributed by atoms with E-state index < -0.39 is 34.9 Å². The molecule has 1 fully saturated rings. The van der Waals surface area contributed by atoms with Gasteiger partial charge in [0.2, 0.25) is 5.43 Å². The van der Waals surface area contributed by atoms with Gasteiger partial charge < -0.3 is 20.3 Å². The average molecular weight is 417 g/mol. The van der Waals surface area contributed by atoms with Gasteiger partial charge in [0.1, 0.15) is 5.56 Å². The number of β-amino-alcohol motifs (C(OH)–C–C–N with tert-alkyl or cyclic N) is 1. The first kappa shape index (κ1) is 20.0. The first-order valence-corrected chi connectivity index (χ1v) is 9.30. The number of aromatic nitrogens is 1. The number of halogens is 3. The van der Waals surface area contributed by atoms with E-state index in [0.717, 1.165) is 12.1 Å². The summed E-state index contributed by atoms with van der Waals surface area (Å²) in [4.78, 5) is 29.6. The highest BCUT2D eigenvalue weighted by molar-refractivity contribution is 6.06. The minimum absolute atomic E-state index is 0.246. The molecule has 1 atom stereocenters. The fraction of sp³-hybridized carbons (Fsp3) is 0.238. The van der Waals surface area contributed by atoms with Gasteiger partial charge in [-0.25, -0.2) is 0 Å². The molecule has 1 aromatic heterocycles. The predicted octanol–water partition coefficient (Wildman–Crippen LogP) is 3.37. The molecule has 0 spiro atoms. The summed E-state index contributed by atoms with van der Waals surface area (Å²) in [6, 6.07) is 10.1. The highest BCUT2D eigenvalue weighted by Crippen LogP contribution is 2.38. The summed E-state index contributed by atoms with van der Waals surface area (Å²) in [6.07, 6.45) is -3.64. The van der Waals surface area contributed by atoms with Crippen LogP contribution < -0.4 is 15.6 Å². The third kappa shape index (κ3) is 3.76. The van der Waals surface area contributed by atoms with E-state index in [1.807, 2.05) is 0 Å². The summed E-state index contributed by atoms with van der Waals surface area (Å²) in [5.74, 6) is -0.933. The molecule has 1 aliphatic heterocycles. The molecule has 6 nitrogen and oxygen atoms in total. The molecular formula is C21H18F3N3O3. The number of aliphatic hydroxyl groups excluding tert-OH is 1. The Kier molecular flexibility index (Phi) is 4.98. The van der Waals surface area contributed by atoms with Crippen molar-refractivity contribution in [2.24, 2.45) is 0 Å². The number of amides is 1. The van der Waals surface area contributed by atoms with E-state index in [9.17, 15) is 27.9 Å². The van der Waals surface area contributed by atoms with Crippen LogP contribution in [-0.2, 0) is 6.18 Å². The molecule has 3 aromatic rings. The molecule has 1 aliphatic rings. The van der Waals surface area contributed by atoms with Crippen LogP contribution in [-0.4, -0.2) is 35.2 Å². The molecule has 0 bridgehead atoms. The van der Waals surface area contributed by atoms with Crippen molar-refractivity contribution in [1.29, 1.82) is 0 Å². The van der Waals surface area contributed by atoms with Crippen molar-refractivity contribution in [3.63, 3.8) is 0 Å². The molecule has 3 N–H and O–H groups in total. The van der Waals surface area contributed by atoms with Crippen molar-refractivity contribution in [2.45, 2.75) is 18.7 Å². The Morgan fingerprint density at radius 1 is 1.20 bits per heavy atom. The highest BCUT2D eigenvalue weighted by Gasteiger charge is 2.35. The van der Waals surface area contributed by atoms with Crippen LogP contribution in [0.1, 0.15) is 22.3 Å². The summed E-state index contributed by atoms with van der Waals surface area (Å²) in [5.41, 5.74) is -1.49. The lowest BCUT2D eigenvalue weighted by molar-refractivity contribution is -0.136. The molecule has 156 valence electrons. The van der Waals surface area contributed by atoms with E-state index in [4.69, 9.17) is 0 Å². The third-order valence-corrected chi connectivity index (χ3v) is 5.12. The number of rotatable bonds is 3. The molecule has 0 radical (unpaired) electrons. The van der Waals surface area contributed by atoms with Crippen LogP contribution in [0.15, 0.2) is 53.5 Å². The van der Waals surface area contributed by atoms with Crippen LogP contribution in [0.25, 0.3) is 10.9 Å². The number of anilines is 2. The minimum Gasteiger partial charge on any atom is -0.391 e. The maximum atomic E-state index is 13.6. The molecule has 0 aliphatic carbocycles. The summed E-state index contributed by atoms with van der Waals surface area (Å²) >= 11 is 0. The van der Waals surface area contributed by atoms with Crippen molar-refractivity contribution in [3.05, 3.63) is 70.0 Å². The number of fused-ring (bicyclic) bond motifs is 1. The number of pyridine rings is 1. The zero-order valence-electron chi connectivity index (χ0n) is 15.7. The van der Waals surface area contributed by atoms with Crippen molar-refractivity contribution in [1.82, 2.24) is 4.98 Å².